The van der Waals surface area contributed by atoms with Crippen LogP contribution in [0.2, 0.25) is 0 Å². The standard InChI is InChI=1S/C19H28N2O6S/c1-12(2)18(19(22)21-10-13(3)27-14(4)11-21)20-28(23,24)15-5-6-16-17(9-15)26-8-7-25-16/h5-6,9,12-14,18,20H,7-8,10-11H2,1-4H3/t13-,14+,18-/m0/s1. The van der Waals surface area contributed by atoms with E-state index < -0.39 is 16.1 Å². The molecule has 0 aliphatic carbocycles. The maximum atomic E-state index is 13.1. The number of nitrogens with one attached hydrogen (secondary N) is 1. The Morgan fingerprint density at radius 3 is 2.32 bits per heavy atom. The van der Waals surface area contributed by atoms with Gasteiger partial charge in [0, 0.05) is 19.2 Å². The highest BCUT2D eigenvalue weighted by Crippen LogP contribution is 2.32. The lowest BCUT2D eigenvalue weighted by atomic mass is 10.0. The number of nitrogens with zero attached hydrogens (tertiary/aromatic N) is 1. The van der Waals surface area contributed by atoms with Gasteiger partial charge in [0.25, 0.3) is 0 Å². The number of carbonyl (C=O) groups excluding carboxylic acids is 1. The van der Waals surface area contributed by atoms with Crippen molar-refractivity contribution >= 4 is 15.9 Å². The Morgan fingerprint density at radius 1 is 1.11 bits per heavy atom. The number of benzene rings is 1. The van der Waals surface area contributed by atoms with E-state index in [1.165, 1.54) is 12.1 Å². The molecule has 2 aliphatic heterocycles. The molecule has 1 N–H and O–H groups in total. The Kier molecular flexibility index (Phi) is 6.16. The number of ether oxygens (including phenoxy) is 3. The number of fused-ring (bicyclic) bond motifs is 1. The van der Waals surface area contributed by atoms with E-state index in [1.54, 1.807) is 11.0 Å². The summed E-state index contributed by atoms with van der Waals surface area (Å²) in [5.74, 6) is 0.446. The minimum absolute atomic E-state index is 0.0407. The molecule has 1 aromatic rings. The molecular weight excluding hydrogens is 384 g/mol. The maximum absolute atomic E-state index is 13.1. The fraction of sp³-hybridized carbons (Fsp3) is 0.632. The van der Waals surface area contributed by atoms with Gasteiger partial charge in [-0.25, -0.2) is 8.42 Å². The van der Waals surface area contributed by atoms with Crippen LogP contribution in [0.5, 0.6) is 11.5 Å². The first-order chi connectivity index (χ1) is 13.2. The second kappa shape index (κ2) is 8.26. The van der Waals surface area contributed by atoms with Gasteiger partial charge < -0.3 is 19.1 Å². The van der Waals surface area contributed by atoms with E-state index in [9.17, 15) is 13.2 Å². The van der Waals surface area contributed by atoms with Gasteiger partial charge in [0.05, 0.1) is 17.1 Å². The van der Waals surface area contributed by atoms with E-state index in [0.29, 0.717) is 37.8 Å². The summed E-state index contributed by atoms with van der Waals surface area (Å²) in [6.07, 6.45) is -0.176. The molecule has 3 atom stereocenters. The second-order valence-electron chi connectivity index (χ2n) is 7.65. The van der Waals surface area contributed by atoms with Crippen molar-refractivity contribution in [1.29, 1.82) is 0 Å². The zero-order chi connectivity index (χ0) is 20.5. The summed E-state index contributed by atoms with van der Waals surface area (Å²) in [5, 5.41) is 0. The van der Waals surface area contributed by atoms with E-state index >= 15 is 0 Å². The van der Waals surface area contributed by atoms with Crippen LogP contribution in [0, 0.1) is 5.92 Å². The molecule has 1 saturated heterocycles. The molecule has 0 aromatic heterocycles. The number of rotatable bonds is 5. The van der Waals surface area contributed by atoms with Crippen molar-refractivity contribution in [2.45, 2.75) is 50.8 Å². The van der Waals surface area contributed by atoms with E-state index in [4.69, 9.17) is 14.2 Å². The Labute approximate surface area is 166 Å². The van der Waals surface area contributed by atoms with Crippen LogP contribution in [0.1, 0.15) is 27.7 Å². The molecular formula is C19H28N2O6S. The Bertz CT molecular complexity index is 816. The lowest BCUT2D eigenvalue weighted by Gasteiger charge is -2.38. The van der Waals surface area contributed by atoms with E-state index in [-0.39, 0.29) is 28.9 Å². The molecule has 2 heterocycles. The topological polar surface area (TPSA) is 94.2 Å². The van der Waals surface area contributed by atoms with Gasteiger partial charge >= 0.3 is 0 Å². The summed E-state index contributed by atoms with van der Waals surface area (Å²) in [4.78, 5) is 14.8. The largest absolute Gasteiger partial charge is 0.486 e. The Morgan fingerprint density at radius 2 is 1.71 bits per heavy atom. The summed E-state index contributed by atoms with van der Waals surface area (Å²) in [7, 11) is -3.91. The van der Waals surface area contributed by atoms with Crippen molar-refractivity contribution in [3.8, 4) is 11.5 Å². The number of hydrogen-bond donors (Lipinski definition) is 1. The van der Waals surface area contributed by atoms with E-state index in [1.807, 2.05) is 27.7 Å². The molecule has 1 amide bonds. The minimum Gasteiger partial charge on any atom is -0.486 e. The summed E-state index contributed by atoms with van der Waals surface area (Å²) in [6, 6.07) is 3.59. The molecule has 0 radical (unpaired) electrons. The monoisotopic (exact) mass is 412 g/mol. The summed E-state index contributed by atoms with van der Waals surface area (Å²) in [5.41, 5.74) is 0. The quantitative estimate of drug-likeness (QED) is 0.786. The number of amides is 1. The molecule has 28 heavy (non-hydrogen) atoms. The minimum atomic E-state index is -3.91. The Hall–Kier alpha value is -1.84. The summed E-state index contributed by atoms with van der Waals surface area (Å²) >= 11 is 0. The fourth-order valence-electron chi connectivity index (χ4n) is 3.45. The molecule has 0 spiro atoms. The molecule has 9 heteroatoms. The summed E-state index contributed by atoms with van der Waals surface area (Å²) < 4.78 is 45.1. The molecule has 0 unspecified atom stereocenters. The Balaban J connectivity index is 1.80. The average molecular weight is 413 g/mol. The fourth-order valence-corrected chi connectivity index (χ4v) is 4.80. The van der Waals surface area contributed by atoms with Crippen molar-refractivity contribution in [2.75, 3.05) is 26.3 Å². The van der Waals surface area contributed by atoms with Crippen LogP contribution in [0.3, 0.4) is 0 Å². The van der Waals surface area contributed by atoms with Crippen molar-refractivity contribution in [1.82, 2.24) is 9.62 Å². The van der Waals surface area contributed by atoms with Gasteiger partial charge in [-0.15, -0.1) is 0 Å². The molecule has 156 valence electrons. The highest BCUT2D eigenvalue weighted by molar-refractivity contribution is 7.89. The van der Waals surface area contributed by atoms with Gasteiger partial charge in [-0.05, 0) is 31.9 Å². The zero-order valence-electron chi connectivity index (χ0n) is 16.7. The lowest BCUT2D eigenvalue weighted by molar-refractivity contribution is -0.145. The number of sulfonamides is 1. The predicted molar refractivity (Wildman–Crippen MR) is 103 cm³/mol. The van der Waals surface area contributed by atoms with E-state index in [0.717, 1.165) is 0 Å². The molecule has 0 saturated carbocycles. The first kappa shape index (κ1) is 20.9. The SMILES string of the molecule is CC(C)[C@H](NS(=O)(=O)c1ccc2c(c1)OCCO2)C(=O)N1C[C@@H](C)O[C@@H](C)C1. The van der Waals surface area contributed by atoms with Crippen LogP contribution in [0.4, 0.5) is 0 Å². The smallest absolute Gasteiger partial charge is 0.241 e. The van der Waals surface area contributed by atoms with Crippen LogP contribution in [0.25, 0.3) is 0 Å². The van der Waals surface area contributed by atoms with Crippen LogP contribution in [-0.2, 0) is 19.6 Å². The van der Waals surface area contributed by atoms with Gasteiger partial charge in [-0.3, -0.25) is 4.79 Å². The number of hydrogen-bond acceptors (Lipinski definition) is 6. The van der Waals surface area contributed by atoms with Crippen LogP contribution in [-0.4, -0.2) is 63.8 Å². The first-order valence-electron chi connectivity index (χ1n) is 9.53. The van der Waals surface area contributed by atoms with Crippen LogP contribution in [0.15, 0.2) is 23.1 Å². The average Bonchev–Trinajstić information content (AvgIpc) is 2.64. The molecule has 8 nitrogen and oxygen atoms in total. The van der Waals surface area contributed by atoms with Gasteiger partial charge in [0.1, 0.15) is 19.3 Å². The van der Waals surface area contributed by atoms with Crippen molar-refractivity contribution in [2.24, 2.45) is 5.92 Å². The molecule has 3 rings (SSSR count). The molecule has 1 aromatic carbocycles. The van der Waals surface area contributed by atoms with Crippen molar-refractivity contribution in [3.63, 3.8) is 0 Å². The molecule has 2 aliphatic rings. The van der Waals surface area contributed by atoms with Gasteiger partial charge in [0.15, 0.2) is 11.5 Å². The van der Waals surface area contributed by atoms with Gasteiger partial charge in [-0.2, -0.15) is 4.72 Å². The summed E-state index contributed by atoms with van der Waals surface area (Å²) in [6.45, 7) is 9.13. The molecule has 1 fully saturated rings. The third-order valence-corrected chi connectivity index (χ3v) is 6.21. The number of morpholine rings is 1. The predicted octanol–water partition coefficient (Wildman–Crippen LogP) is 1.40. The first-order valence-corrected chi connectivity index (χ1v) is 11.0. The number of carbonyl (C=O) groups is 1. The zero-order valence-corrected chi connectivity index (χ0v) is 17.5. The van der Waals surface area contributed by atoms with E-state index in [2.05, 4.69) is 4.72 Å². The van der Waals surface area contributed by atoms with Gasteiger partial charge in [0.2, 0.25) is 15.9 Å². The van der Waals surface area contributed by atoms with Crippen LogP contribution >= 0.6 is 0 Å². The third kappa shape index (κ3) is 4.59. The second-order valence-corrected chi connectivity index (χ2v) is 9.36. The van der Waals surface area contributed by atoms with Crippen molar-refractivity contribution in [3.05, 3.63) is 18.2 Å². The lowest BCUT2D eigenvalue weighted by Crippen LogP contribution is -2.56. The van der Waals surface area contributed by atoms with Crippen LogP contribution < -0.4 is 14.2 Å². The van der Waals surface area contributed by atoms with Crippen molar-refractivity contribution < 1.29 is 27.4 Å². The normalized spacial score (nSPS) is 23.5. The highest BCUT2D eigenvalue weighted by Gasteiger charge is 2.35. The molecule has 0 bridgehead atoms. The van der Waals surface area contributed by atoms with Gasteiger partial charge in [-0.1, -0.05) is 13.8 Å². The highest BCUT2D eigenvalue weighted by atomic mass is 32.2. The third-order valence-electron chi connectivity index (χ3n) is 4.77. The maximum Gasteiger partial charge on any atom is 0.241 e.